The van der Waals surface area contributed by atoms with E-state index in [0.29, 0.717) is 29.4 Å². The molecule has 0 aliphatic heterocycles. The van der Waals surface area contributed by atoms with Crippen LogP contribution in [-0.4, -0.2) is 41.1 Å². The number of imidazole rings is 1. The predicted octanol–water partition coefficient (Wildman–Crippen LogP) is 4.63. The smallest absolute Gasteiger partial charge is 0.252 e. The van der Waals surface area contributed by atoms with Crippen LogP contribution in [0, 0.1) is 12.8 Å². The number of nitrogens with zero attached hydrogens (tertiary/aromatic N) is 6. The highest BCUT2D eigenvalue weighted by Gasteiger charge is 2.47. The molecule has 9 heteroatoms. The number of aromatic nitrogens is 6. The van der Waals surface area contributed by atoms with Gasteiger partial charge in [0.2, 0.25) is 5.95 Å². The van der Waals surface area contributed by atoms with Crippen molar-refractivity contribution in [1.82, 2.24) is 29.1 Å². The number of aryl methyl sites for hydroxylation is 1. The number of hydrogen-bond acceptors (Lipinski definition) is 5. The monoisotopic (exact) mass is 423 g/mol. The van der Waals surface area contributed by atoms with Crippen molar-refractivity contribution in [2.75, 3.05) is 5.32 Å². The number of anilines is 1. The fourth-order valence-corrected chi connectivity index (χ4v) is 4.64. The molecule has 7 nitrogen and oxygen atoms in total. The quantitative estimate of drug-likeness (QED) is 0.507. The number of nitrogens with one attached hydrogen (secondary N) is 1. The average Bonchev–Trinajstić information content (AvgIpc) is 3.40. The molecule has 0 bridgehead atoms. The van der Waals surface area contributed by atoms with Crippen molar-refractivity contribution in [1.29, 1.82) is 0 Å². The Kier molecular flexibility index (Phi) is 3.88. The third-order valence-corrected chi connectivity index (χ3v) is 6.57. The van der Waals surface area contributed by atoms with Crippen LogP contribution in [0.2, 0.25) is 0 Å². The van der Waals surface area contributed by atoms with Gasteiger partial charge in [0, 0.05) is 48.4 Å². The van der Waals surface area contributed by atoms with E-state index in [1.165, 1.54) is 12.8 Å². The number of halogens is 2. The third-order valence-electron chi connectivity index (χ3n) is 6.57. The van der Waals surface area contributed by atoms with Crippen molar-refractivity contribution < 1.29 is 8.78 Å². The molecule has 1 atom stereocenters. The summed E-state index contributed by atoms with van der Waals surface area (Å²) in [4.78, 5) is 13.5. The van der Waals surface area contributed by atoms with Gasteiger partial charge in [-0.15, -0.1) is 5.10 Å². The minimum Gasteiger partial charge on any atom is -0.350 e. The van der Waals surface area contributed by atoms with E-state index < -0.39 is 5.92 Å². The van der Waals surface area contributed by atoms with Crippen LogP contribution < -0.4 is 5.32 Å². The van der Waals surface area contributed by atoms with Gasteiger partial charge in [0.25, 0.3) is 5.92 Å². The van der Waals surface area contributed by atoms with Gasteiger partial charge < -0.3 is 9.88 Å². The summed E-state index contributed by atoms with van der Waals surface area (Å²) in [6, 6.07) is 4.08. The molecule has 2 aliphatic carbocycles. The van der Waals surface area contributed by atoms with Gasteiger partial charge in [-0.25, -0.2) is 28.2 Å². The van der Waals surface area contributed by atoms with Gasteiger partial charge in [0.15, 0.2) is 5.65 Å². The van der Waals surface area contributed by atoms with Crippen molar-refractivity contribution >= 4 is 22.6 Å². The van der Waals surface area contributed by atoms with Crippen LogP contribution >= 0.6 is 0 Å². The Morgan fingerprint density at radius 2 is 1.97 bits per heavy atom. The zero-order valence-electron chi connectivity index (χ0n) is 17.4. The lowest BCUT2D eigenvalue weighted by Crippen LogP contribution is -2.37. The van der Waals surface area contributed by atoms with E-state index >= 15 is 0 Å². The molecule has 31 heavy (non-hydrogen) atoms. The molecule has 4 aromatic heterocycles. The third kappa shape index (κ3) is 3.14. The maximum Gasteiger partial charge on any atom is 0.252 e. The van der Waals surface area contributed by atoms with E-state index in [9.17, 15) is 8.78 Å². The molecule has 4 heterocycles. The van der Waals surface area contributed by atoms with Gasteiger partial charge in [-0.1, -0.05) is 0 Å². The van der Waals surface area contributed by atoms with Gasteiger partial charge in [0.05, 0.1) is 17.2 Å². The van der Waals surface area contributed by atoms with Crippen LogP contribution in [0.3, 0.4) is 0 Å². The Balaban J connectivity index is 1.36. The van der Waals surface area contributed by atoms with Gasteiger partial charge in [-0.3, -0.25) is 0 Å². The molecule has 160 valence electrons. The number of hydrogen-bond donors (Lipinski definition) is 1. The first kappa shape index (κ1) is 18.7. The van der Waals surface area contributed by atoms with Gasteiger partial charge in [-0.2, -0.15) is 0 Å². The summed E-state index contributed by atoms with van der Waals surface area (Å²) in [5.74, 6) is -0.550. The summed E-state index contributed by atoms with van der Waals surface area (Å²) in [6.07, 6.45) is 7.69. The largest absolute Gasteiger partial charge is 0.350 e. The van der Waals surface area contributed by atoms with E-state index in [1.807, 2.05) is 40.5 Å². The van der Waals surface area contributed by atoms with Crippen LogP contribution in [0.1, 0.15) is 44.5 Å². The van der Waals surface area contributed by atoms with E-state index in [1.54, 1.807) is 6.20 Å². The second-order valence-electron chi connectivity index (χ2n) is 8.93. The topological polar surface area (TPSA) is 72.9 Å². The van der Waals surface area contributed by atoms with Crippen molar-refractivity contribution in [3.63, 3.8) is 0 Å². The molecule has 0 amide bonds. The maximum atomic E-state index is 13.5. The molecular weight excluding hydrogens is 400 g/mol. The molecule has 0 radical (unpaired) electrons. The second kappa shape index (κ2) is 6.45. The van der Waals surface area contributed by atoms with E-state index in [4.69, 9.17) is 0 Å². The molecule has 6 rings (SSSR count). The van der Waals surface area contributed by atoms with E-state index in [-0.39, 0.29) is 18.9 Å². The van der Waals surface area contributed by atoms with Crippen molar-refractivity contribution in [2.45, 2.75) is 57.5 Å². The summed E-state index contributed by atoms with van der Waals surface area (Å²) < 4.78 is 30.7. The number of rotatable bonds is 5. The lowest BCUT2D eigenvalue weighted by atomic mass is 9.87. The van der Waals surface area contributed by atoms with Crippen LogP contribution in [0.25, 0.3) is 27.8 Å². The molecule has 1 N–H and O–H groups in total. The van der Waals surface area contributed by atoms with Gasteiger partial charge in [-0.05, 0) is 44.7 Å². The molecule has 2 saturated carbocycles. The number of alkyl halides is 2. The molecular formula is C22H23F2N7. The normalized spacial score (nSPS) is 19.6. The van der Waals surface area contributed by atoms with E-state index in [0.717, 1.165) is 22.2 Å². The first-order valence-electron chi connectivity index (χ1n) is 10.7. The molecule has 2 aliphatic rings. The lowest BCUT2D eigenvalue weighted by molar-refractivity contribution is -0.103. The minimum absolute atomic E-state index is 0.151. The van der Waals surface area contributed by atoms with Crippen LogP contribution in [0.15, 0.2) is 30.7 Å². The van der Waals surface area contributed by atoms with Crippen molar-refractivity contribution in [3.05, 3.63) is 36.5 Å². The molecule has 4 aromatic rings. The molecule has 2 fully saturated rings. The fourth-order valence-electron chi connectivity index (χ4n) is 4.64. The predicted molar refractivity (Wildman–Crippen MR) is 113 cm³/mol. The lowest BCUT2D eigenvalue weighted by Gasteiger charge is -2.36. The minimum atomic E-state index is -2.59. The Hall–Kier alpha value is -3.10. The second-order valence-corrected chi connectivity index (χ2v) is 8.93. The Morgan fingerprint density at radius 3 is 2.71 bits per heavy atom. The first-order chi connectivity index (χ1) is 14.9. The zero-order chi connectivity index (χ0) is 21.3. The number of fused-ring (bicyclic) bond motifs is 2. The van der Waals surface area contributed by atoms with Gasteiger partial charge in [0.1, 0.15) is 5.82 Å². The van der Waals surface area contributed by atoms with Gasteiger partial charge >= 0.3 is 0 Å². The number of pyridine rings is 1. The molecule has 0 aromatic carbocycles. The highest BCUT2D eigenvalue weighted by molar-refractivity contribution is 5.85. The average molecular weight is 423 g/mol. The molecule has 0 saturated heterocycles. The highest BCUT2D eigenvalue weighted by atomic mass is 19.3. The Bertz CT molecular complexity index is 1300. The molecule has 1 unspecified atom stereocenters. The van der Waals surface area contributed by atoms with Crippen LogP contribution in [0.5, 0.6) is 0 Å². The Labute approximate surface area is 177 Å². The summed E-state index contributed by atoms with van der Waals surface area (Å²) in [6.45, 7) is 4.01. The van der Waals surface area contributed by atoms with Crippen molar-refractivity contribution in [2.24, 2.45) is 5.92 Å². The SMILES string of the molecule is Cc1nc2ncc(-c3ccn4nc(NC(C)C5CC5)ncc34)cc2n1C1CC(F)(F)C1. The summed E-state index contributed by atoms with van der Waals surface area (Å²) in [5, 5.41) is 7.98. The highest BCUT2D eigenvalue weighted by Crippen LogP contribution is 2.47. The maximum absolute atomic E-state index is 13.5. The fraction of sp³-hybridized carbons (Fsp3) is 0.455. The first-order valence-corrected chi connectivity index (χ1v) is 10.7. The Morgan fingerprint density at radius 1 is 1.16 bits per heavy atom. The zero-order valence-corrected chi connectivity index (χ0v) is 17.4. The summed E-state index contributed by atoms with van der Waals surface area (Å²) in [7, 11) is 0. The summed E-state index contributed by atoms with van der Waals surface area (Å²) in [5.41, 5.74) is 4.06. The summed E-state index contributed by atoms with van der Waals surface area (Å²) >= 11 is 0. The standard InChI is InChI=1S/C22H23F2N7/c1-12(14-3-4-14)27-21-26-11-19-17(5-6-30(19)29-21)15-7-18-20(25-10-15)28-13(2)31(18)16-8-22(23,24)9-16/h5-7,10-12,14,16H,3-4,8-9H2,1-2H3,(H,27,29). The molecule has 0 spiro atoms. The van der Waals surface area contributed by atoms with Crippen molar-refractivity contribution in [3.8, 4) is 11.1 Å². The van der Waals surface area contributed by atoms with E-state index in [2.05, 4.69) is 32.3 Å². The van der Waals surface area contributed by atoms with Crippen LogP contribution in [-0.2, 0) is 0 Å². The van der Waals surface area contributed by atoms with Crippen LogP contribution in [0.4, 0.5) is 14.7 Å².